The molecule has 0 unspecified atom stereocenters. The molecule has 0 bridgehead atoms. The van der Waals surface area contributed by atoms with Crippen LogP contribution in [0, 0.1) is 0 Å². The fraction of sp³-hybridized carbons (Fsp3) is 0.600. The topological polar surface area (TPSA) is 9.23 Å². The van der Waals surface area contributed by atoms with E-state index >= 15 is 0 Å². The van der Waals surface area contributed by atoms with E-state index in [2.05, 4.69) is 6.58 Å². The van der Waals surface area contributed by atoms with E-state index in [1.807, 2.05) is 6.26 Å². The van der Waals surface area contributed by atoms with Crippen LogP contribution in [0.25, 0.3) is 0 Å². The standard InChI is InChI=1S/C5H10OS/c1-3-4-6-5-7-2/h3H,1,4-5H2,2H3. The molecular formula is C5H10OS. The molecule has 0 saturated carbocycles. The smallest absolute Gasteiger partial charge is 0.0922 e. The highest BCUT2D eigenvalue weighted by molar-refractivity contribution is 7.98. The highest BCUT2D eigenvalue weighted by atomic mass is 32.2. The van der Waals surface area contributed by atoms with E-state index in [0.29, 0.717) is 6.61 Å². The predicted molar refractivity (Wildman–Crippen MR) is 34.5 cm³/mol. The second-order valence-electron chi connectivity index (χ2n) is 1.07. The second kappa shape index (κ2) is 6.05. The van der Waals surface area contributed by atoms with Gasteiger partial charge in [-0.3, -0.25) is 0 Å². The molecule has 7 heavy (non-hydrogen) atoms. The first-order valence-electron chi connectivity index (χ1n) is 2.09. The third kappa shape index (κ3) is 6.05. The zero-order chi connectivity index (χ0) is 5.54. The van der Waals surface area contributed by atoms with Crippen LogP contribution in [0.4, 0.5) is 0 Å². The van der Waals surface area contributed by atoms with Gasteiger partial charge in [0.25, 0.3) is 0 Å². The van der Waals surface area contributed by atoms with Crippen molar-refractivity contribution in [3.05, 3.63) is 12.7 Å². The summed E-state index contributed by atoms with van der Waals surface area (Å²) in [5.74, 6) is 0.770. The van der Waals surface area contributed by atoms with Crippen molar-refractivity contribution in [1.29, 1.82) is 0 Å². The SMILES string of the molecule is C=CCOCSC. The maximum atomic E-state index is 4.98. The molecule has 0 aliphatic heterocycles. The molecule has 0 aliphatic carbocycles. The average Bonchev–Trinajstić information content (AvgIpc) is 1.69. The Balaban J connectivity index is 2.56. The van der Waals surface area contributed by atoms with E-state index in [4.69, 9.17) is 4.74 Å². The Morgan fingerprint density at radius 1 is 1.86 bits per heavy atom. The lowest BCUT2D eigenvalue weighted by Crippen LogP contribution is -1.86. The fourth-order valence-corrected chi connectivity index (χ4v) is 0.478. The number of ether oxygens (including phenoxy) is 1. The molecule has 2 heteroatoms. The normalized spacial score (nSPS) is 8.71. The molecule has 0 aromatic rings. The minimum atomic E-state index is 0.668. The summed E-state index contributed by atoms with van der Waals surface area (Å²) in [6, 6.07) is 0. The van der Waals surface area contributed by atoms with E-state index in [1.165, 1.54) is 0 Å². The quantitative estimate of drug-likeness (QED) is 0.314. The van der Waals surface area contributed by atoms with Crippen molar-refractivity contribution in [2.45, 2.75) is 0 Å². The van der Waals surface area contributed by atoms with Crippen LogP contribution < -0.4 is 0 Å². The first-order chi connectivity index (χ1) is 3.41. The van der Waals surface area contributed by atoms with Gasteiger partial charge >= 0.3 is 0 Å². The summed E-state index contributed by atoms with van der Waals surface area (Å²) in [5, 5.41) is 0. The molecule has 0 heterocycles. The molecule has 0 spiro atoms. The maximum absolute atomic E-state index is 4.98. The summed E-state index contributed by atoms with van der Waals surface area (Å²) in [6.07, 6.45) is 3.75. The average molecular weight is 118 g/mol. The van der Waals surface area contributed by atoms with Gasteiger partial charge in [0.15, 0.2) is 0 Å². The summed E-state index contributed by atoms with van der Waals surface area (Å²) in [7, 11) is 0. The molecule has 0 aromatic heterocycles. The molecule has 0 amide bonds. The highest BCUT2D eigenvalue weighted by Crippen LogP contribution is 1.90. The van der Waals surface area contributed by atoms with Gasteiger partial charge in [0, 0.05) is 0 Å². The third-order valence-electron chi connectivity index (χ3n) is 0.437. The Kier molecular flexibility index (Phi) is 6.09. The van der Waals surface area contributed by atoms with E-state index in [1.54, 1.807) is 17.8 Å². The molecule has 0 fully saturated rings. The van der Waals surface area contributed by atoms with Gasteiger partial charge in [-0.25, -0.2) is 0 Å². The highest BCUT2D eigenvalue weighted by Gasteiger charge is 1.74. The van der Waals surface area contributed by atoms with E-state index in [9.17, 15) is 0 Å². The van der Waals surface area contributed by atoms with Gasteiger partial charge in [0.1, 0.15) is 0 Å². The largest absolute Gasteiger partial charge is 0.367 e. The summed E-state index contributed by atoms with van der Waals surface area (Å²) in [6.45, 7) is 4.17. The zero-order valence-electron chi connectivity index (χ0n) is 4.52. The minimum Gasteiger partial charge on any atom is -0.367 e. The van der Waals surface area contributed by atoms with Crippen molar-refractivity contribution in [2.24, 2.45) is 0 Å². The molecule has 0 radical (unpaired) electrons. The number of rotatable bonds is 4. The van der Waals surface area contributed by atoms with Gasteiger partial charge in [-0.1, -0.05) is 6.08 Å². The minimum absolute atomic E-state index is 0.668. The van der Waals surface area contributed by atoms with Crippen molar-refractivity contribution in [3.8, 4) is 0 Å². The van der Waals surface area contributed by atoms with Crippen molar-refractivity contribution < 1.29 is 4.74 Å². The first kappa shape index (κ1) is 7.05. The van der Waals surface area contributed by atoms with Gasteiger partial charge in [0.05, 0.1) is 12.5 Å². The van der Waals surface area contributed by atoms with Crippen molar-refractivity contribution >= 4 is 11.8 Å². The maximum Gasteiger partial charge on any atom is 0.0922 e. The summed E-state index contributed by atoms with van der Waals surface area (Å²) in [5.41, 5.74) is 0. The molecule has 0 aromatic carbocycles. The van der Waals surface area contributed by atoms with E-state index < -0.39 is 0 Å². The van der Waals surface area contributed by atoms with Gasteiger partial charge < -0.3 is 4.74 Å². The van der Waals surface area contributed by atoms with Crippen LogP contribution in [-0.4, -0.2) is 18.8 Å². The van der Waals surface area contributed by atoms with Crippen LogP contribution >= 0.6 is 11.8 Å². The molecule has 0 N–H and O–H groups in total. The Morgan fingerprint density at radius 2 is 2.57 bits per heavy atom. The van der Waals surface area contributed by atoms with Gasteiger partial charge in [-0.05, 0) is 6.26 Å². The van der Waals surface area contributed by atoms with Crippen LogP contribution in [0.3, 0.4) is 0 Å². The second-order valence-corrected chi connectivity index (χ2v) is 1.88. The van der Waals surface area contributed by atoms with Gasteiger partial charge in [-0.15, -0.1) is 18.3 Å². The Morgan fingerprint density at radius 3 is 3.00 bits per heavy atom. The molecule has 0 saturated heterocycles. The summed E-state index contributed by atoms with van der Waals surface area (Å²) in [4.78, 5) is 0. The summed E-state index contributed by atoms with van der Waals surface area (Å²) >= 11 is 1.67. The molecular weight excluding hydrogens is 108 g/mol. The van der Waals surface area contributed by atoms with Crippen LogP contribution in [0.15, 0.2) is 12.7 Å². The van der Waals surface area contributed by atoms with Crippen LogP contribution in [0.2, 0.25) is 0 Å². The molecule has 0 aliphatic rings. The molecule has 1 nitrogen and oxygen atoms in total. The molecule has 42 valence electrons. The van der Waals surface area contributed by atoms with E-state index in [-0.39, 0.29) is 0 Å². The molecule has 0 atom stereocenters. The third-order valence-corrected chi connectivity index (χ3v) is 0.839. The van der Waals surface area contributed by atoms with Gasteiger partial charge in [0.2, 0.25) is 0 Å². The number of thioether (sulfide) groups is 1. The Bertz CT molecular complexity index is 45.3. The lowest BCUT2D eigenvalue weighted by Gasteiger charge is -1.92. The number of hydrogen-bond donors (Lipinski definition) is 0. The van der Waals surface area contributed by atoms with Crippen molar-refractivity contribution in [2.75, 3.05) is 18.8 Å². The van der Waals surface area contributed by atoms with Crippen LogP contribution in [-0.2, 0) is 4.74 Å². The number of hydrogen-bond acceptors (Lipinski definition) is 2. The lowest BCUT2D eigenvalue weighted by atomic mass is 10.7. The Hall–Kier alpha value is 0.0500. The zero-order valence-corrected chi connectivity index (χ0v) is 5.33. The first-order valence-corrected chi connectivity index (χ1v) is 3.48. The predicted octanol–water partition coefficient (Wildman–Crippen LogP) is 1.51. The monoisotopic (exact) mass is 118 g/mol. The van der Waals surface area contributed by atoms with Crippen molar-refractivity contribution in [1.82, 2.24) is 0 Å². The van der Waals surface area contributed by atoms with E-state index in [0.717, 1.165) is 5.94 Å². The lowest BCUT2D eigenvalue weighted by molar-refractivity contribution is 0.217. The summed E-state index contributed by atoms with van der Waals surface area (Å²) < 4.78 is 4.98. The fourth-order valence-electron chi connectivity index (χ4n) is 0.215. The van der Waals surface area contributed by atoms with Gasteiger partial charge in [-0.2, -0.15) is 0 Å². The van der Waals surface area contributed by atoms with Crippen molar-refractivity contribution in [3.63, 3.8) is 0 Å². The van der Waals surface area contributed by atoms with Crippen LogP contribution in [0.5, 0.6) is 0 Å². The Labute approximate surface area is 48.7 Å². The van der Waals surface area contributed by atoms with Crippen LogP contribution in [0.1, 0.15) is 0 Å². The molecule has 0 rings (SSSR count).